The molecule has 0 unspecified atom stereocenters. The standard InChI is InChI=1S/C9H4F6INO3/c1-19-7(18)3-2-4(16)6(20-9(13,14)15)17-5(3)8(10,11)12/h2H,1H3. The van der Waals surface area contributed by atoms with Crippen molar-refractivity contribution in [3.8, 4) is 5.88 Å². The molecule has 0 saturated carbocycles. The summed E-state index contributed by atoms with van der Waals surface area (Å²) in [6, 6.07) is 0.559. The molecule has 1 aromatic rings. The maximum absolute atomic E-state index is 12.7. The lowest BCUT2D eigenvalue weighted by Crippen LogP contribution is -2.22. The molecule has 1 rings (SSSR count). The summed E-state index contributed by atoms with van der Waals surface area (Å²) in [6.45, 7) is 0. The van der Waals surface area contributed by atoms with Crippen LogP contribution in [0.3, 0.4) is 0 Å². The highest BCUT2D eigenvalue weighted by molar-refractivity contribution is 14.1. The second kappa shape index (κ2) is 5.61. The average molecular weight is 415 g/mol. The molecule has 0 aliphatic carbocycles. The minimum Gasteiger partial charge on any atom is -0.465 e. The predicted octanol–water partition coefficient (Wildman–Crippen LogP) is 3.39. The van der Waals surface area contributed by atoms with Gasteiger partial charge in [0.25, 0.3) is 0 Å². The Morgan fingerprint density at radius 2 is 1.80 bits per heavy atom. The van der Waals surface area contributed by atoms with Crippen LogP contribution in [0.25, 0.3) is 0 Å². The molecule has 1 heterocycles. The van der Waals surface area contributed by atoms with Crippen molar-refractivity contribution in [3.63, 3.8) is 0 Å². The molecule has 0 atom stereocenters. The van der Waals surface area contributed by atoms with Gasteiger partial charge >= 0.3 is 18.5 Å². The normalized spacial score (nSPS) is 12.2. The molecule has 0 spiro atoms. The van der Waals surface area contributed by atoms with E-state index in [1.807, 2.05) is 0 Å². The number of carbonyl (C=O) groups excluding carboxylic acids is 1. The topological polar surface area (TPSA) is 48.4 Å². The van der Waals surface area contributed by atoms with Crippen molar-refractivity contribution in [1.29, 1.82) is 0 Å². The van der Waals surface area contributed by atoms with E-state index in [0.717, 1.165) is 7.11 Å². The van der Waals surface area contributed by atoms with Crippen LogP contribution in [-0.4, -0.2) is 24.4 Å². The van der Waals surface area contributed by atoms with Crippen molar-refractivity contribution in [1.82, 2.24) is 4.98 Å². The Morgan fingerprint density at radius 1 is 1.25 bits per heavy atom. The summed E-state index contributed by atoms with van der Waals surface area (Å²) >= 11 is 1.26. The summed E-state index contributed by atoms with van der Waals surface area (Å²) < 4.78 is 81.2. The average Bonchev–Trinajstić information content (AvgIpc) is 2.27. The second-order valence-electron chi connectivity index (χ2n) is 3.21. The molecule has 112 valence electrons. The maximum Gasteiger partial charge on any atom is 0.574 e. The van der Waals surface area contributed by atoms with Crippen LogP contribution in [0.5, 0.6) is 5.88 Å². The summed E-state index contributed by atoms with van der Waals surface area (Å²) in [7, 11) is 0.829. The first-order valence-corrected chi connectivity index (χ1v) is 5.65. The van der Waals surface area contributed by atoms with Crippen LogP contribution in [0.1, 0.15) is 16.1 Å². The lowest BCUT2D eigenvalue weighted by molar-refractivity contribution is -0.276. The molecular weight excluding hydrogens is 411 g/mol. The number of aromatic nitrogens is 1. The van der Waals surface area contributed by atoms with E-state index in [1.165, 1.54) is 22.6 Å². The van der Waals surface area contributed by atoms with Gasteiger partial charge in [-0.05, 0) is 28.7 Å². The zero-order valence-corrected chi connectivity index (χ0v) is 11.6. The van der Waals surface area contributed by atoms with E-state index in [-0.39, 0.29) is 0 Å². The summed E-state index contributed by atoms with van der Waals surface area (Å²) in [5.74, 6) is -2.67. The molecule has 0 radical (unpaired) electrons. The maximum atomic E-state index is 12.7. The number of carbonyl (C=O) groups is 1. The van der Waals surface area contributed by atoms with Crippen LogP contribution in [0.15, 0.2) is 6.07 Å². The molecule has 0 N–H and O–H groups in total. The Labute approximate surface area is 121 Å². The molecule has 11 heteroatoms. The number of halogens is 7. The molecule has 0 aliphatic heterocycles. The Balaban J connectivity index is 3.44. The number of ether oxygens (including phenoxy) is 2. The highest BCUT2D eigenvalue weighted by Crippen LogP contribution is 2.35. The third-order valence-electron chi connectivity index (χ3n) is 1.83. The Kier molecular flexibility index (Phi) is 4.71. The molecule has 0 aromatic carbocycles. The SMILES string of the molecule is COC(=O)c1cc(I)c(OC(F)(F)F)nc1C(F)(F)F. The van der Waals surface area contributed by atoms with Gasteiger partial charge in [0.05, 0.1) is 16.2 Å². The summed E-state index contributed by atoms with van der Waals surface area (Å²) in [4.78, 5) is 13.9. The fraction of sp³-hybridized carbons (Fsp3) is 0.333. The van der Waals surface area contributed by atoms with Gasteiger partial charge in [-0.15, -0.1) is 13.2 Å². The number of pyridine rings is 1. The molecule has 0 amide bonds. The first-order chi connectivity index (χ1) is 8.95. The highest BCUT2D eigenvalue weighted by atomic mass is 127. The van der Waals surface area contributed by atoms with Crippen molar-refractivity contribution in [2.45, 2.75) is 12.5 Å². The van der Waals surface area contributed by atoms with Crippen LogP contribution in [0, 0.1) is 3.57 Å². The van der Waals surface area contributed by atoms with E-state index in [0.29, 0.717) is 6.07 Å². The van der Waals surface area contributed by atoms with E-state index in [9.17, 15) is 31.1 Å². The molecule has 0 fully saturated rings. The van der Waals surface area contributed by atoms with Gasteiger partial charge in [-0.3, -0.25) is 0 Å². The van der Waals surface area contributed by atoms with Gasteiger partial charge in [0.15, 0.2) is 5.69 Å². The molecule has 1 aromatic heterocycles. The van der Waals surface area contributed by atoms with Crippen LogP contribution in [0.4, 0.5) is 26.3 Å². The fourth-order valence-corrected chi connectivity index (χ4v) is 1.68. The lowest BCUT2D eigenvalue weighted by Gasteiger charge is -2.15. The van der Waals surface area contributed by atoms with Crippen LogP contribution in [-0.2, 0) is 10.9 Å². The van der Waals surface area contributed by atoms with Crippen molar-refractivity contribution in [2.75, 3.05) is 7.11 Å². The Bertz CT molecular complexity index is 528. The minimum atomic E-state index is -5.21. The van der Waals surface area contributed by atoms with Gasteiger partial charge in [-0.1, -0.05) is 0 Å². The third-order valence-corrected chi connectivity index (χ3v) is 2.60. The van der Waals surface area contributed by atoms with Crippen molar-refractivity contribution >= 4 is 28.6 Å². The summed E-state index contributed by atoms with van der Waals surface area (Å²) in [5.41, 5.74) is -2.82. The first kappa shape index (κ1) is 16.8. The molecule has 0 bridgehead atoms. The van der Waals surface area contributed by atoms with E-state index in [2.05, 4.69) is 14.5 Å². The predicted molar refractivity (Wildman–Crippen MR) is 60.0 cm³/mol. The molecule has 4 nitrogen and oxygen atoms in total. The van der Waals surface area contributed by atoms with Crippen molar-refractivity contribution < 1.29 is 40.6 Å². The number of rotatable bonds is 2. The van der Waals surface area contributed by atoms with E-state index in [4.69, 9.17) is 0 Å². The summed E-state index contributed by atoms with van der Waals surface area (Å²) in [6.07, 6.45) is -10.3. The number of alkyl halides is 6. The van der Waals surface area contributed by atoms with Gasteiger partial charge in [0.2, 0.25) is 5.88 Å². The molecule has 0 aliphatic rings. The number of hydrogen-bond donors (Lipinski definition) is 0. The number of nitrogens with zero attached hydrogens (tertiary/aromatic N) is 1. The van der Waals surface area contributed by atoms with Crippen LogP contribution >= 0.6 is 22.6 Å². The monoisotopic (exact) mass is 415 g/mol. The lowest BCUT2D eigenvalue weighted by atomic mass is 10.2. The van der Waals surface area contributed by atoms with Crippen LogP contribution in [0.2, 0.25) is 0 Å². The molecule has 0 saturated heterocycles. The number of methoxy groups -OCH3 is 1. The quantitative estimate of drug-likeness (QED) is 0.423. The van der Waals surface area contributed by atoms with E-state index < -0.39 is 39.2 Å². The highest BCUT2D eigenvalue weighted by Gasteiger charge is 2.40. The van der Waals surface area contributed by atoms with Crippen molar-refractivity contribution in [2.24, 2.45) is 0 Å². The Morgan fingerprint density at radius 3 is 2.20 bits per heavy atom. The first-order valence-electron chi connectivity index (χ1n) is 4.57. The Hall–Kier alpha value is -1.27. The zero-order valence-electron chi connectivity index (χ0n) is 9.40. The van der Waals surface area contributed by atoms with Gasteiger partial charge < -0.3 is 9.47 Å². The fourth-order valence-electron chi connectivity index (χ4n) is 1.13. The van der Waals surface area contributed by atoms with Gasteiger partial charge in [0, 0.05) is 0 Å². The largest absolute Gasteiger partial charge is 0.574 e. The number of hydrogen-bond acceptors (Lipinski definition) is 4. The van der Waals surface area contributed by atoms with E-state index in [1.54, 1.807) is 0 Å². The number of esters is 1. The van der Waals surface area contributed by atoms with Gasteiger partial charge in [0.1, 0.15) is 0 Å². The zero-order chi connectivity index (χ0) is 15.7. The third kappa shape index (κ3) is 4.11. The van der Waals surface area contributed by atoms with Crippen molar-refractivity contribution in [3.05, 3.63) is 20.9 Å². The molecule has 20 heavy (non-hydrogen) atoms. The minimum absolute atomic E-state index is 0.423. The van der Waals surface area contributed by atoms with Gasteiger partial charge in [-0.25, -0.2) is 9.78 Å². The van der Waals surface area contributed by atoms with Crippen LogP contribution < -0.4 is 4.74 Å². The van der Waals surface area contributed by atoms with E-state index >= 15 is 0 Å². The second-order valence-corrected chi connectivity index (χ2v) is 4.37. The van der Waals surface area contributed by atoms with Gasteiger partial charge in [-0.2, -0.15) is 13.2 Å². The molecular formula is C9H4F6INO3. The summed E-state index contributed by atoms with van der Waals surface area (Å²) in [5, 5.41) is 0. The smallest absolute Gasteiger partial charge is 0.465 e.